The van der Waals surface area contributed by atoms with E-state index in [1.54, 1.807) is 0 Å². The third-order valence-corrected chi connectivity index (χ3v) is 3.76. The monoisotopic (exact) mass is 399 g/mol. The van der Waals surface area contributed by atoms with E-state index in [4.69, 9.17) is 23.4 Å². The Balaban J connectivity index is 2.29. The van der Waals surface area contributed by atoms with Crippen LogP contribution in [0.2, 0.25) is 0 Å². The van der Waals surface area contributed by atoms with Crippen molar-refractivity contribution in [2.45, 2.75) is 51.4 Å². The number of furan rings is 1. The lowest BCUT2D eigenvalue weighted by molar-refractivity contribution is -0.263. The highest BCUT2D eigenvalue weighted by Crippen LogP contribution is 2.26. The first-order valence-corrected chi connectivity index (χ1v) is 8.34. The molecule has 1 saturated heterocycles. The van der Waals surface area contributed by atoms with Gasteiger partial charge >= 0.3 is 17.9 Å². The van der Waals surface area contributed by atoms with Crippen LogP contribution in [0.3, 0.4) is 0 Å². The van der Waals surface area contributed by atoms with Gasteiger partial charge < -0.3 is 33.8 Å². The minimum absolute atomic E-state index is 0.0557. The van der Waals surface area contributed by atoms with Crippen LogP contribution >= 0.6 is 0 Å². The molecule has 2 heterocycles. The Bertz CT molecular complexity index is 716. The number of aliphatic hydroxyl groups is 1. The fourth-order valence-electron chi connectivity index (χ4n) is 2.70. The summed E-state index contributed by atoms with van der Waals surface area (Å²) in [5.41, 5.74) is 0. The van der Waals surface area contributed by atoms with Crippen molar-refractivity contribution in [1.82, 2.24) is 5.32 Å². The summed E-state index contributed by atoms with van der Waals surface area (Å²) < 4.78 is 25.6. The molecule has 11 heteroatoms. The summed E-state index contributed by atoms with van der Waals surface area (Å²) in [4.78, 5) is 46.5. The van der Waals surface area contributed by atoms with Crippen LogP contribution in [-0.2, 0) is 33.3 Å². The Morgan fingerprint density at radius 2 is 1.71 bits per heavy atom. The van der Waals surface area contributed by atoms with E-state index in [0.29, 0.717) is 0 Å². The van der Waals surface area contributed by atoms with Gasteiger partial charge in [-0.25, -0.2) is 0 Å². The Kier molecular flexibility index (Phi) is 7.12. The fourth-order valence-corrected chi connectivity index (χ4v) is 2.70. The van der Waals surface area contributed by atoms with Gasteiger partial charge in [0, 0.05) is 20.8 Å². The zero-order valence-corrected chi connectivity index (χ0v) is 15.4. The molecule has 1 aliphatic heterocycles. The summed E-state index contributed by atoms with van der Waals surface area (Å²) >= 11 is 0. The summed E-state index contributed by atoms with van der Waals surface area (Å²) in [6.45, 7) is 3.02. The molecule has 1 amide bonds. The van der Waals surface area contributed by atoms with Crippen molar-refractivity contribution < 1.29 is 47.6 Å². The number of rotatable bonds is 6. The molecule has 1 fully saturated rings. The van der Waals surface area contributed by atoms with Gasteiger partial charge in [-0.05, 0) is 12.1 Å². The Hall–Kier alpha value is -2.92. The minimum Gasteiger partial charge on any atom is -0.463 e. The van der Waals surface area contributed by atoms with Gasteiger partial charge in [0.25, 0.3) is 5.91 Å². The molecule has 154 valence electrons. The molecule has 28 heavy (non-hydrogen) atoms. The standard InChI is InChI=1S/C17H21NO10/c1-8(19)25-7-12-14(26-9(2)20)15(27-10(3)21)13(17(23)28-12)18-16(22)11-5-4-6-24-11/h4-6,12-15,17,23H,7H2,1-3H3,(H,18,22)/t12-,13+,14-,15-,17-/m1/s1. The van der Waals surface area contributed by atoms with Crippen LogP contribution in [0.15, 0.2) is 22.8 Å². The molecule has 11 nitrogen and oxygen atoms in total. The molecular formula is C17H21NO10. The van der Waals surface area contributed by atoms with E-state index in [9.17, 15) is 24.3 Å². The number of nitrogens with one attached hydrogen (secondary N) is 1. The topological polar surface area (TPSA) is 151 Å². The molecule has 2 rings (SSSR count). The second kappa shape index (κ2) is 9.33. The third-order valence-electron chi connectivity index (χ3n) is 3.76. The van der Waals surface area contributed by atoms with E-state index in [1.165, 1.54) is 18.4 Å². The maximum absolute atomic E-state index is 12.3. The van der Waals surface area contributed by atoms with E-state index in [1.807, 2.05) is 0 Å². The highest BCUT2D eigenvalue weighted by atomic mass is 16.7. The highest BCUT2D eigenvalue weighted by Gasteiger charge is 2.50. The van der Waals surface area contributed by atoms with Crippen LogP contribution in [-0.4, -0.2) is 66.2 Å². The summed E-state index contributed by atoms with van der Waals surface area (Å²) in [5.74, 6) is -2.88. The van der Waals surface area contributed by atoms with Gasteiger partial charge in [-0.1, -0.05) is 0 Å². The number of esters is 3. The largest absolute Gasteiger partial charge is 0.463 e. The van der Waals surface area contributed by atoms with Gasteiger partial charge in [0.15, 0.2) is 24.3 Å². The maximum Gasteiger partial charge on any atom is 0.303 e. The summed E-state index contributed by atoms with van der Waals surface area (Å²) in [7, 11) is 0. The number of hydrogen-bond donors (Lipinski definition) is 2. The zero-order valence-electron chi connectivity index (χ0n) is 15.4. The summed E-state index contributed by atoms with van der Waals surface area (Å²) in [5, 5.41) is 12.8. The lowest BCUT2D eigenvalue weighted by Crippen LogP contribution is -2.66. The molecule has 1 aliphatic rings. The highest BCUT2D eigenvalue weighted by molar-refractivity contribution is 5.91. The molecule has 1 aromatic heterocycles. The minimum atomic E-state index is -1.66. The lowest BCUT2D eigenvalue weighted by Gasteiger charge is -2.43. The van der Waals surface area contributed by atoms with Crippen molar-refractivity contribution in [3.63, 3.8) is 0 Å². The zero-order chi connectivity index (χ0) is 20.8. The molecule has 2 N–H and O–H groups in total. The maximum atomic E-state index is 12.3. The summed E-state index contributed by atoms with van der Waals surface area (Å²) in [6.07, 6.45) is -4.08. The van der Waals surface area contributed by atoms with Crippen LogP contribution in [0, 0.1) is 0 Å². The molecule has 0 saturated carbocycles. The molecule has 0 aliphatic carbocycles. The first kappa shape index (κ1) is 21.4. The number of amides is 1. The van der Waals surface area contributed by atoms with E-state index < -0.39 is 54.5 Å². The molecule has 5 atom stereocenters. The van der Waals surface area contributed by atoms with Crippen LogP contribution < -0.4 is 5.32 Å². The molecule has 0 spiro atoms. The molecule has 0 aromatic carbocycles. The predicted molar refractivity (Wildman–Crippen MR) is 88.6 cm³/mol. The Morgan fingerprint density at radius 3 is 2.25 bits per heavy atom. The average Bonchev–Trinajstić information content (AvgIpc) is 3.12. The lowest BCUT2D eigenvalue weighted by atomic mass is 9.96. The van der Waals surface area contributed by atoms with Gasteiger partial charge in [0.2, 0.25) is 0 Å². The number of hydrogen-bond acceptors (Lipinski definition) is 10. The van der Waals surface area contributed by atoms with Gasteiger partial charge in [-0.15, -0.1) is 0 Å². The van der Waals surface area contributed by atoms with Crippen LogP contribution in [0.5, 0.6) is 0 Å². The number of carbonyl (C=O) groups is 4. The first-order valence-electron chi connectivity index (χ1n) is 8.34. The molecule has 0 bridgehead atoms. The quantitative estimate of drug-likeness (QED) is 0.474. The fraction of sp³-hybridized carbons (Fsp3) is 0.529. The Morgan fingerprint density at radius 1 is 1.07 bits per heavy atom. The van der Waals surface area contributed by atoms with E-state index >= 15 is 0 Å². The van der Waals surface area contributed by atoms with Crippen molar-refractivity contribution in [3.8, 4) is 0 Å². The molecular weight excluding hydrogens is 378 g/mol. The van der Waals surface area contributed by atoms with Crippen molar-refractivity contribution in [2.24, 2.45) is 0 Å². The van der Waals surface area contributed by atoms with Gasteiger partial charge in [0.05, 0.1) is 6.26 Å². The van der Waals surface area contributed by atoms with Crippen LogP contribution in [0.1, 0.15) is 31.3 Å². The second-order valence-electron chi connectivity index (χ2n) is 5.99. The van der Waals surface area contributed by atoms with Crippen molar-refractivity contribution >= 4 is 23.8 Å². The SMILES string of the molecule is CC(=O)OC[C@H]1O[C@@H](O)[C@@H](NC(=O)c2ccco2)[C@@H](OC(C)=O)[C@@H]1OC(C)=O. The van der Waals surface area contributed by atoms with Crippen molar-refractivity contribution in [2.75, 3.05) is 6.61 Å². The van der Waals surface area contributed by atoms with E-state index in [2.05, 4.69) is 5.32 Å². The average molecular weight is 399 g/mol. The van der Waals surface area contributed by atoms with E-state index in [-0.39, 0.29) is 12.4 Å². The van der Waals surface area contributed by atoms with Crippen LogP contribution in [0.4, 0.5) is 0 Å². The van der Waals surface area contributed by atoms with Crippen molar-refractivity contribution in [3.05, 3.63) is 24.2 Å². The van der Waals surface area contributed by atoms with Gasteiger partial charge in [-0.2, -0.15) is 0 Å². The summed E-state index contributed by atoms with van der Waals surface area (Å²) in [6, 6.07) is 1.59. The normalized spacial score (nSPS) is 26.8. The predicted octanol–water partition coefficient (Wildman–Crippen LogP) is -0.478. The second-order valence-corrected chi connectivity index (χ2v) is 5.99. The van der Waals surface area contributed by atoms with Crippen molar-refractivity contribution in [1.29, 1.82) is 0 Å². The van der Waals surface area contributed by atoms with Gasteiger partial charge in [-0.3, -0.25) is 19.2 Å². The third kappa shape index (κ3) is 5.54. The van der Waals surface area contributed by atoms with Crippen LogP contribution in [0.25, 0.3) is 0 Å². The Labute approximate surface area is 159 Å². The number of carbonyl (C=O) groups excluding carboxylic acids is 4. The molecule has 0 radical (unpaired) electrons. The molecule has 1 aromatic rings. The number of aliphatic hydroxyl groups excluding tert-OH is 1. The van der Waals surface area contributed by atoms with Gasteiger partial charge in [0.1, 0.15) is 18.8 Å². The number of ether oxygens (including phenoxy) is 4. The molecule has 0 unspecified atom stereocenters. The smallest absolute Gasteiger partial charge is 0.303 e. The first-order chi connectivity index (χ1) is 13.2. The van der Waals surface area contributed by atoms with E-state index in [0.717, 1.165) is 20.8 Å².